The van der Waals surface area contributed by atoms with Crippen LogP contribution in [0.4, 0.5) is 17.3 Å². The van der Waals surface area contributed by atoms with Gasteiger partial charge in [0.15, 0.2) is 0 Å². The number of halogens is 4. The van der Waals surface area contributed by atoms with Gasteiger partial charge in [-0.2, -0.15) is 4.57 Å². The number of hydrogen-bond acceptors (Lipinski definition) is 2. The lowest BCUT2D eigenvalue weighted by molar-refractivity contribution is -0.670. The average Bonchev–Trinajstić information content (AvgIpc) is 2.82. The standard InChI is InChI=1S/C13H11N2O2.BF4/c1-14-6-7-15(9-14)11-8-10-4-2-3-5-12(10)17-13(11)16;2-1(3,4)5/h2-9H,1H3;/q+1;-1. The van der Waals surface area contributed by atoms with Crippen molar-refractivity contribution >= 4 is 18.2 Å². The van der Waals surface area contributed by atoms with E-state index in [1.54, 1.807) is 10.6 Å². The van der Waals surface area contributed by atoms with Gasteiger partial charge in [-0.15, -0.1) is 0 Å². The highest BCUT2D eigenvalue weighted by atomic mass is 19.5. The van der Waals surface area contributed by atoms with Gasteiger partial charge < -0.3 is 21.7 Å². The van der Waals surface area contributed by atoms with Gasteiger partial charge in [-0.1, -0.05) is 18.2 Å². The van der Waals surface area contributed by atoms with E-state index >= 15 is 0 Å². The molecule has 0 saturated carbocycles. The third-order valence-electron chi connectivity index (χ3n) is 2.67. The van der Waals surface area contributed by atoms with Crippen LogP contribution in [0.2, 0.25) is 0 Å². The Bertz CT molecular complexity index is 836. The van der Waals surface area contributed by atoms with Gasteiger partial charge in [0.05, 0.1) is 7.05 Å². The van der Waals surface area contributed by atoms with E-state index in [1.807, 2.05) is 54.6 Å². The Balaban J connectivity index is 0.000000309. The number of imidazole rings is 1. The molecule has 0 unspecified atom stereocenters. The first kappa shape index (κ1) is 15.8. The molecule has 0 aliphatic heterocycles. The molecule has 0 saturated heterocycles. The maximum atomic E-state index is 11.8. The molecule has 0 amide bonds. The molecule has 0 N–H and O–H groups in total. The quantitative estimate of drug-likeness (QED) is 0.300. The van der Waals surface area contributed by atoms with Crippen LogP contribution < -0.4 is 10.2 Å². The van der Waals surface area contributed by atoms with Crippen molar-refractivity contribution in [1.82, 2.24) is 4.57 Å². The second kappa shape index (κ2) is 6.04. The highest BCUT2D eigenvalue weighted by Crippen LogP contribution is 2.14. The van der Waals surface area contributed by atoms with Crippen LogP contribution in [-0.4, -0.2) is 11.8 Å². The van der Waals surface area contributed by atoms with Gasteiger partial charge >= 0.3 is 12.9 Å². The normalized spacial score (nSPS) is 11.1. The minimum Gasteiger partial charge on any atom is -0.420 e. The molecular weight excluding hydrogens is 303 g/mol. The molecule has 4 nitrogen and oxygen atoms in total. The van der Waals surface area contributed by atoms with Gasteiger partial charge in [0.2, 0.25) is 12.0 Å². The van der Waals surface area contributed by atoms with E-state index in [0.717, 1.165) is 5.39 Å². The topological polar surface area (TPSA) is 39.0 Å². The molecule has 22 heavy (non-hydrogen) atoms. The van der Waals surface area contributed by atoms with Crippen molar-refractivity contribution in [1.29, 1.82) is 0 Å². The van der Waals surface area contributed by atoms with Crippen molar-refractivity contribution in [3.8, 4) is 5.69 Å². The highest BCUT2D eigenvalue weighted by molar-refractivity contribution is 6.50. The van der Waals surface area contributed by atoms with Gasteiger partial charge in [-0.05, 0) is 6.07 Å². The number of rotatable bonds is 1. The van der Waals surface area contributed by atoms with Gasteiger partial charge in [-0.3, -0.25) is 0 Å². The van der Waals surface area contributed by atoms with Crippen LogP contribution in [0.25, 0.3) is 16.7 Å². The van der Waals surface area contributed by atoms with Gasteiger partial charge in [0.1, 0.15) is 18.0 Å². The fraction of sp³-hybridized carbons (Fsp3) is 0.0769. The first-order valence-electron chi connectivity index (χ1n) is 6.18. The SMILES string of the molecule is C[n+]1ccn(-c2cc3ccccc3oc2=O)c1.F[B-](F)(F)F. The van der Waals surface area contributed by atoms with Crippen LogP contribution in [-0.2, 0) is 7.05 Å². The maximum absolute atomic E-state index is 11.8. The van der Waals surface area contributed by atoms with Crippen molar-refractivity contribution in [2.24, 2.45) is 7.05 Å². The number of nitrogens with zero attached hydrogens (tertiary/aromatic N) is 2. The van der Waals surface area contributed by atoms with E-state index in [2.05, 4.69) is 0 Å². The molecule has 2 aromatic heterocycles. The summed E-state index contributed by atoms with van der Waals surface area (Å²) in [7, 11) is -4.10. The largest absolute Gasteiger partial charge is 0.673 e. The van der Waals surface area contributed by atoms with E-state index < -0.39 is 7.25 Å². The second-order valence-corrected chi connectivity index (χ2v) is 4.44. The number of para-hydroxylation sites is 1. The molecule has 3 rings (SSSR count). The van der Waals surface area contributed by atoms with Crippen LogP contribution in [0, 0.1) is 0 Å². The Morgan fingerprint density at radius 2 is 1.82 bits per heavy atom. The van der Waals surface area contributed by atoms with Crippen molar-refractivity contribution in [2.75, 3.05) is 0 Å². The van der Waals surface area contributed by atoms with E-state index in [9.17, 15) is 22.1 Å². The summed E-state index contributed by atoms with van der Waals surface area (Å²) in [6, 6.07) is 9.31. The minimum absolute atomic E-state index is 0.333. The molecule has 0 aliphatic rings. The molecule has 2 heterocycles. The van der Waals surface area contributed by atoms with Crippen LogP contribution in [0.3, 0.4) is 0 Å². The summed E-state index contributed by atoms with van der Waals surface area (Å²) in [5.74, 6) is 0. The summed E-state index contributed by atoms with van der Waals surface area (Å²) in [4.78, 5) is 11.8. The lowest BCUT2D eigenvalue weighted by Gasteiger charge is -1.97. The monoisotopic (exact) mass is 314 g/mol. The van der Waals surface area contributed by atoms with Crippen molar-refractivity contribution in [2.45, 2.75) is 0 Å². The lowest BCUT2D eigenvalue weighted by Crippen LogP contribution is -2.24. The zero-order valence-corrected chi connectivity index (χ0v) is 11.4. The predicted molar refractivity (Wildman–Crippen MR) is 73.2 cm³/mol. The number of hydrogen-bond donors (Lipinski definition) is 0. The number of aromatic nitrogens is 2. The molecule has 1 aromatic carbocycles. The van der Waals surface area contributed by atoms with Crippen LogP contribution in [0.5, 0.6) is 0 Å². The fourth-order valence-corrected chi connectivity index (χ4v) is 1.82. The Kier molecular flexibility index (Phi) is 4.34. The summed E-state index contributed by atoms with van der Waals surface area (Å²) < 4.78 is 47.9. The predicted octanol–water partition coefficient (Wildman–Crippen LogP) is 2.71. The Morgan fingerprint density at radius 1 is 1.18 bits per heavy atom. The smallest absolute Gasteiger partial charge is 0.420 e. The average molecular weight is 314 g/mol. The summed E-state index contributed by atoms with van der Waals surface area (Å²) in [5, 5.41) is 0.915. The maximum Gasteiger partial charge on any atom is 0.673 e. The van der Waals surface area contributed by atoms with Crippen molar-refractivity contribution in [3.63, 3.8) is 0 Å². The van der Waals surface area contributed by atoms with Gasteiger partial charge in [0, 0.05) is 11.5 Å². The molecule has 0 radical (unpaired) electrons. The van der Waals surface area contributed by atoms with E-state index in [4.69, 9.17) is 4.42 Å². The number of benzene rings is 1. The molecule has 0 spiro atoms. The Labute approximate surface area is 122 Å². The molecule has 0 atom stereocenters. The molecule has 0 fully saturated rings. The third kappa shape index (κ3) is 4.21. The van der Waals surface area contributed by atoms with E-state index in [0.29, 0.717) is 11.3 Å². The van der Waals surface area contributed by atoms with E-state index in [-0.39, 0.29) is 5.63 Å². The summed E-state index contributed by atoms with van der Waals surface area (Å²) in [6.07, 6.45) is 5.51. The molecule has 9 heteroatoms. The first-order valence-corrected chi connectivity index (χ1v) is 6.18. The lowest BCUT2D eigenvalue weighted by atomic mass is 10.2. The Hall–Kier alpha value is -2.58. The molecule has 3 aromatic rings. The minimum atomic E-state index is -6.00. The third-order valence-corrected chi connectivity index (χ3v) is 2.67. The van der Waals surface area contributed by atoms with E-state index in [1.165, 1.54) is 0 Å². The zero-order valence-electron chi connectivity index (χ0n) is 11.4. The van der Waals surface area contributed by atoms with Crippen LogP contribution in [0.1, 0.15) is 0 Å². The molecular formula is C13H11BF4N2O2. The first-order chi connectivity index (χ1) is 10.2. The van der Waals surface area contributed by atoms with Crippen LogP contribution in [0.15, 0.2) is 58.3 Å². The fourth-order valence-electron chi connectivity index (χ4n) is 1.82. The zero-order chi connectivity index (χ0) is 16.3. The second-order valence-electron chi connectivity index (χ2n) is 4.44. The summed E-state index contributed by atoms with van der Waals surface area (Å²) in [6.45, 7) is 0. The number of aryl methyl sites for hydroxylation is 1. The molecule has 0 aliphatic carbocycles. The molecule has 0 bridgehead atoms. The molecule has 116 valence electrons. The van der Waals surface area contributed by atoms with Crippen molar-refractivity contribution in [3.05, 3.63) is 59.5 Å². The van der Waals surface area contributed by atoms with Crippen LogP contribution >= 0.6 is 0 Å². The number of fused-ring (bicyclic) bond motifs is 1. The van der Waals surface area contributed by atoms with Gasteiger partial charge in [0.25, 0.3) is 0 Å². The summed E-state index contributed by atoms with van der Waals surface area (Å²) in [5.41, 5.74) is 0.794. The van der Waals surface area contributed by atoms with Crippen molar-refractivity contribution < 1.29 is 26.2 Å². The summed E-state index contributed by atoms with van der Waals surface area (Å²) >= 11 is 0. The Morgan fingerprint density at radius 3 is 2.41 bits per heavy atom. The highest BCUT2D eigenvalue weighted by Gasteiger charge is 2.20. The van der Waals surface area contributed by atoms with Gasteiger partial charge in [-0.25, -0.2) is 9.36 Å².